The number of carbonyl (C=O) groups is 4. The summed E-state index contributed by atoms with van der Waals surface area (Å²) in [7, 11) is 0. The number of fused-ring (bicyclic) bond motifs is 1. The van der Waals surface area contributed by atoms with Crippen LogP contribution in [0, 0.1) is 10.1 Å². The molecular formula is C19H22N4O6. The third-order valence-electron chi connectivity index (χ3n) is 5.22. The highest BCUT2D eigenvalue weighted by Crippen LogP contribution is 2.27. The number of hydrogen-bond acceptors (Lipinski definition) is 6. The maximum absolute atomic E-state index is 12.4. The summed E-state index contributed by atoms with van der Waals surface area (Å²) in [6, 6.07) is 3.59. The molecule has 0 aromatic heterocycles. The molecule has 0 bridgehead atoms. The summed E-state index contributed by atoms with van der Waals surface area (Å²) in [4.78, 5) is 63.6. The molecule has 1 aromatic rings. The van der Waals surface area contributed by atoms with Crippen LogP contribution in [0.2, 0.25) is 0 Å². The van der Waals surface area contributed by atoms with E-state index in [4.69, 9.17) is 0 Å². The third-order valence-corrected chi connectivity index (χ3v) is 5.22. The van der Waals surface area contributed by atoms with Crippen molar-refractivity contribution in [3.8, 4) is 0 Å². The van der Waals surface area contributed by atoms with Crippen molar-refractivity contribution in [1.29, 1.82) is 0 Å². The molecule has 10 heteroatoms. The molecule has 0 N–H and O–H groups in total. The number of rotatable bonds is 6. The standard InChI is InChI=1S/C19H22N4O6/c1-2-16(24)20-8-10-21(11-9-20)17(25)4-3-7-22-18(26)14-6-5-13(23(28)29)12-15(14)19(22)27/h5-6,12H,2-4,7-11H2,1H3. The zero-order chi connectivity index (χ0) is 21.1. The van der Waals surface area contributed by atoms with Gasteiger partial charge in [0.05, 0.1) is 16.1 Å². The van der Waals surface area contributed by atoms with Gasteiger partial charge < -0.3 is 9.80 Å². The Kier molecular flexibility index (Phi) is 5.90. The summed E-state index contributed by atoms with van der Waals surface area (Å²) >= 11 is 0. The Hall–Kier alpha value is -3.30. The molecule has 10 nitrogen and oxygen atoms in total. The fourth-order valence-electron chi connectivity index (χ4n) is 3.57. The second-order valence-electron chi connectivity index (χ2n) is 6.97. The number of nitro groups is 1. The second-order valence-corrected chi connectivity index (χ2v) is 6.97. The van der Waals surface area contributed by atoms with Crippen LogP contribution in [0.3, 0.4) is 0 Å². The number of piperazine rings is 1. The first-order valence-electron chi connectivity index (χ1n) is 9.53. The van der Waals surface area contributed by atoms with E-state index in [-0.39, 0.29) is 41.6 Å². The predicted octanol–water partition coefficient (Wildman–Crippen LogP) is 1.05. The maximum atomic E-state index is 12.4. The molecule has 2 aliphatic rings. The topological polar surface area (TPSA) is 121 Å². The van der Waals surface area contributed by atoms with Crippen LogP contribution in [0.25, 0.3) is 0 Å². The van der Waals surface area contributed by atoms with Crippen LogP contribution >= 0.6 is 0 Å². The molecule has 3 rings (SSSR count). The first-order chi connectivity index (χ1) is 13.8. The molecule has 0 atom stereocenters. The smallest absolute Gasteiger partial charge is 0.270 e. The van der Waals surface area contributed by atoms with E-state index in [0.29, 0.717) is 39.0 Å². The van der Waals surface area contributed by atoms with Crippen molar-refractivity contribution >= 4 is 29.3 Å². The highest BCUT2D eigenvalue weighted by Gasteiger charge is 2.36. The van der Waals surface area contributed by atoms with Gasteiger partial charge in [-0.15, -0.1) is 0 Å². The fraction of sp³-hybridized carbons (Fsp3) is 0.474. The largest absolute Gasteiger partial charge is 0.339 e. The molecule has 0 spiro atoms. The van der Waals surface area contributed by atoms with Crippen molar-refractivity contribution in [2.75, 3.05) is 32.7 Å². The molecule has 0 radical (unpaired) electrons. The Balaban J connectivity index is 1.51. The number of hydrogen-bond donors (Lipinski definition) is 0. The van der Waals surface area contributed by atoms with Gasteiger partial charge in [0.15, 0.2) is 0 Å². The Morgan fingerprint density at radius 1 is 1.00 bits per heavy atom. The van der Waals surface area contributed by atoms with Gasteiger partial charge >= 0.3 is 0 Å². The van der Waals surface area contributed by atoms with Gasteiger partial charge in [-0.1, -0.05) is 6.92 Å². The van der Waals surface area contributed by atoms with Gasteiger partial charge in [-0.25, -0.2) is 0 Å². The summed E-state index contributed by atoms with van der Waals surface area (Å²) in [5, 5.41) is 10.9. The van der Waals surface area contributed by atoms with Crippen molar-refractivity contribution in [2.24, 2.45) is 0 Å². The molecule has 1 fully saturated rings. The van der Waals surface area contributed by atoms with Crippen molar-refractivity contribution < 1.29 is 24.1 Å². The number of imide groups is 1. The lowest BCUT2D eigenvalue weighted by atomic mass is 10.1. The van der Waals surface area contributed by atoms with Gasteiger partial charge in [0.2, 0.25) is 11.8 Å². The predicted molar refractivity (Wildman–Crippen MR) is 101 cm³/mol. The summed E-state index contributed by atoms with van der Waals surface area (Å²) in [6.45, 7) is 3.84. The highest BCUT2D eigenvalue weighted by molar-refractivity contribution is 6.21. The molecule has 2 aliphatic heterocycles. The van der Waals surface area contributed by atoms with E-state index in [9.17, 15) is 29.3 Å². The Labute approximate surface area is 167 Å². The summed E-state index contributed by atoms with van der Waals surface area (Å²) in [5.74, 6) is -1.09. The summed E-state index contributed by atoms with van der Waals surface area (Å²) < 4.78 is 0. The molecule has 4 amide bonds. The van der Waals surface area contributed by atoms with Crippen molar-refractivity contribution in [2.45, 2.75) is 26.2 Å². The zero-order valence-electron chi connectivity index (χ0n) is 16.1. The van der Waals surface area contributed by atoms with Gasteiger partial charge in [0.1, 0.15) is 0 Å². The van der Waals surface area contributed by atoms with Crippen LogP contribution in [0.5, 0.6) is 0 Å². The van der Waals surface area contributed by atoms with Crippen LogP contribution in [0.4, 0.5) is 5.69 Å². The van der Waals surface area contributed by atoms with Crippen LogP contribution in [0.15, 0.2) is 18.2 Å². The number of amides is 4. The normalized spacial score (nSPS) is 16.2. The van der Waals surface area contributed by atoms with E-state index in [1.54, 1.807) is 16.7 Å². The average Bonchev–Trinajstić information content (AvgIpc) is 2.97. The van der Waals surface area contributed by atoms with E-state index in [2.05, 4.69) is 0 Å². The number of nitrogens with zero attached hydrogens (tertiary/aromatic N) is 4. The molecule has 1 aromatic carbocycles. The summed E-state index contributed by atoms with van der Waals surface area (Å²) in [6.07, 6.45) is 0.924. The molecule has 154 valence electrons. The SMILES string of the molecule is CCC(=O)N1CCN(C(=O)CCCN2C(=O)c3ccc([N+](=O)[O-])cc3C2=O)CC1. The van der Waals surface area contributed by atoms with Crippen LogP contribution in [-0.2, 0) is 9.59 Å². The summed E-state index contributed by atoms with van der Waals surface area (Å²) in [5.41, 5.74) is -0.0847. The molecule has 29 heavy (non-hydrogen) atoms. The molecule has 0 aliphatic carbocycles. The van der Waals surface area contributed by atoms with E-state index in [1.807, 2.05) is 0 Å². The fourth-order valence-corrected chi connectivity index (χ4v) is 3.57. The van der Waals surface area contributed by atoms with E-state index < -0.39 is 16.7 Å². The molecule has 2 heterocycles. The minimum absolute atomic E-state index is 0.0206. The lowest BCUT2D eigenvalue weighted by Gasteiger charge is -2.34. The van der Waals surface area contributed by atoms with E-state index in [1.165, 1.54) is 12.1 Å². The number of benzene rings is 1. The average molecular weight is 402 g/mol. The van der Waals surface area contributed by atoms with Gasteiger partial charge in [-0.05, 0) is 12.5 Å². The molecule has 0 saturated carbocycles. The van der Waals surface area contributed by atoms with Crippen LogP contribution in [0.1, 0.15) is 46.9 Å². The first kappa shape index (κ1) is 20.4. The second kappa shape index (κ2) is 8.38. The van der Waals surface area contributed by atoms with Gasteiger partial charge in [-0.2, -0.15) is 0 Å². The Bertz CT molecular complexity index is 875. The van der Waals surface area contributed by atoms with Gasteiger partial charge in [0.25, 0.3) is 17.5 Å². The van der Waals surface area contributed by atoms with E-state index in [0.717, 1.165) is 11.0 Å². The van der Waals surface area contributed by atoms with Gasteiger partial charge in [0, 0.05) is 57.7 Å². The minimum Gasteiger partial charge on any atom is -0.339 e. The lowest BCUT2D eigenvalue weighted by molar-refractivity contribution is -0.384. The van der Waals surface area contributed by atoms with Crippen molar-refractivity contribution in [3.05, 3.63) is 39.4 Å². The van der Waals surface area contributed by atoms with Crippen LogP contribution in [-0.4, -0.2) is 76.0 Å². The van der Waals surface area contributed by atoms with Crippen molar-refractivity contribution in [1.82, 2.24) is 14.7 Å². The molecular weight excluding hydrogens is 380 g/mol. The number of non-ortho nitro benzene ring substituents is 1. The Morgan fingerprint density at radius 2 is 1.59 bits per heavy atom. The van der Waals surface area contributed by atoms with Gasteiger partial charge in [-0.3, -0.25) is 34.2 Å². The van der Waals surface area contributed by atoms with Crippen molar-refractivity contribution in [3.63, 3.8) is 0 Å². The monoisotopic (exact) mass is 402 g/mol. The zero-order valence-corrected chi connectivity index (χ0v) is 16.1. The molecule has 0 unspecified atom stereocenters. The van der Waals surface area contributed by atoms with Crippen LogP contribution < -0.4 is 0 Å². The Morgan fingerprint density at radius 3 is 2.17 bits per heavy atom. The number of nitro benzene ring substituents is 1. The number of carbonyl (C=O) groups excluding carboxylic acids is 4. The first-order valence-corrected chi connectivity index (χ1v) is 9.53. The van der Waals surface area contributed by atoms with E-state index >= 15 is 0 Å². The minimum atomic E-state index is -0.618. The lowest BCUT2D eigenvalue weighted by Crippen LogP contribution is -2.50. The highest BCUT2D eigenvalue weighted by atomic mass is 16.6. The molecule has 1 saturated heterocycles. The quantitative estimate of drug-likeness (QED) is 0.398. The maximum Gasteiger partial charge on any atom is 0.270 e. The third kappa shape index (κ3) is 4.10.